The predicted octanol–water partition coefficient (Wildman–Crippen LogP) is 1.40. The van der Waals surface area contributed by atoms with E-state index in [1.54, 1.807) is 0 Å². The Balaban J connectivity index is 0.00000200. The maximum absolute atomic E-state index is 11.7. The molecule has 1 aromatic carbocycles. The van der Waals surface area contributed by atoms with E-state index in [4.69, 9.17) is 0 Å². The number of benzene rings is 1. The molecule has 0 bridgehead atoms. The van der Waals surface area contributed by atoms with Crippen molar-refractivity contribution in [3.05, 3.63) is 35.4 Å². The van der Waals surface area contributed by atoms with E-state index >= 15 is 0 Å². The fourth-order valence-electron chi connectivity index (χ4n) is 2.07. The Labute approximate surface area is 127 Å². The van der Waals surface area contributed by atoms with E-state index in [2.05, 4.69) is 53.8 Å². The fraction of sp³-hybridized carbons (Fsp3) is 0.533. The topological polar surface area (TPSA) is 44.4 Å². The van der Waals surface area contributed by atoms with Crippen LogP contribution in [-0.2, 0) is 17.9 Å². The molecule has 0 saturated carbocycles. The van der Waals surface area contributed by atoms with Crippen LogP contribution in [0.3, 0.4) is 0 Å². The SMILES string of the molecule is CCN(C)Cc1cccc(CNC(=O)C2CNC2)c1.Cl. The summed E-state index contributed by atoms with van der Waals surface area (Å²) in [5.74, 6) is 0.323. The van der Waals surface area contributed by atoms with Crippen molar-refractivity contribution in [3.8, 4) is 0 Å². The summed E-state index contributed by atoms with van der Waals surface area (Å²) < 4.78 is 0. The molecule has 0 atom stereocenters. The highest BCUT2D eigenvalue weighted by Crippen LogP contribution is 2.08. The molecule has 112 valence electrons. The number of hydrogen-bond acceptors (Lipinski definition) is 3. The van der Waals surface area contributed by atoms with Crippen molar-refractivity contribution in [2.45, 2.75) is 20.0 Å². The van der Waals surface area contributed by atoms with Gasteiger partial charge in [0, 0.05) is 26.2 Å². The molecule has 1 fully saturated rings. The van der Waals surface area contributed by atoms with Crippen LogP contribution in [0.1, 0.15) is 18.1 Å². The minimum absolute atomic E-state index is 0. The third kappa shape index (κ3) is 4.78. The average Bonchev–Trinajstić information content (AvgIpc) is 2.34. The zero-order valence-corrected chi connectivity index (χ0v) is 13.0. The Kier molecular flexibility index (Phi) is 6.99. The predicted molar refractivity (Wildman–Crippen MR) is 83.9 cm³/mol. The molecule has 1 aliphatic rings. The second-order valence-electron chi connectivity index (χ2n) is 5.22. The van der Waals surface area contributed by atoms with Gasteiger partial charge in [-0.2, -0.15) is 0 Å². The van der Waals surface area contributed by atoms with Gasteiger partial charge in [-0.3, -0.25) is 4.79 Å². The molecule has 0 aromatic heterocycles. The number of amides is 1. The fourth-order valence-corrected chi connectivity index (χ4v) is 2.07. The van der Waals surface area contributed by atoms with Gasteiger partial charge >= 0.3 is 0 Å². The Morgan fingerprint density at radius 1 is 1.40 bits per heavy atom. The van der Waals surface area contributed by atoms with Crippen LogP contribution in [0.2, 0.25) is 0 Å². The number of carbonyl (C=O) groups excluding carboxylic acids is 1. The lowest BCUT2D eigenvalue weighted by Gasteiger charge is -2.25. The molecule has 2 rings (SSSR count). The minimum Gasteiger partial charge on any atom is -0.352 e. The number of rotatable bonds is 6. The molecule has 4 nitrogen and oxygen atoms in total. The van der Waals surface area contributed by atoms with E-state index in [0.717, 1.165) is 26.2 Å². The van der Waals surface area contributed by atoms with Crippen molar-refractivity contribution in [1.82, 2.24) is 15.5 Å². The van der Waals surface area contributed by atoms with Crippen molar-refractivity contribution in [2.75, 3.05) is 26.7 Å². The lowest BCUT2D eigenvalue weighted by molar-refractivity contribution is -0.126. The molecule has 1 amide bonds. The van der Waals surface area contributed by atoms with E-state index in [-0.39, 0.29) is 24.2 Å². The van der Waals surface area contributed by atoms with Gasteiger partial charge in [0.05, 0.1) is 5.92 Å². The molecule has 1 aromatic rings. The maximum Gasteiger partial charge on any atom is 0.225 e. The normalized spacial score (nSPS) is 14.6. The van der Waals surface area contributed by atoms with Crippen molar-refractivity contribution in [2.24, 2.45) is 5.92 Å². The Morgan fingerprint density at radius 2 is 2.10 bits per heavy atom. The van der Waals surface area contributed by atoms with E-state index in [1.807, 2.05) is 0 Å². The van der Waals surface area contributed by atoms with E-state index < -0.39 is 0 Å². The number of halogens is 1. The molecule has 20 heavy (non-hydrogen) atoms. The van der Waals surface area contributed by atoms with Gasteiger partial charge in [-0.05, 0) is 24.7 Å². The van der Waals surface area contributed by atoms with Crippen molar-refractivity contribution >= 4 is 18.3 Å². The van der Waals surface area contributed by atoms with Gasteiger partial charge in [-0.25, -0.2) is 0 Å². The lowest BCUT2D eigenvalue weighted by Crippen LogP contribution is -2.50. The molecule has 0 unspecified atom stereocenters. The highest BCUT2D eigenvalue weighted by Gasteiger charge is 2.24. The van der Waals surface area contributed by atoms with Gasteiger partial charge in [0.25, 0.3) is 0 Å². The summed E-state index contributed by atoms with van der Waals surface area (Å²) in [6, 6.07) is 8.43. The summed E-state index contributed by atoms with van der Waals surface area (Å²) in [5.41, 5.74) is 2.46. The summed E-state index contributed by atoms with van der Waals surface area (Å²) in [6.07, 6.45) is 0. The largest absolute Gasteiger partial charge is 0.352 e. The van der Waals surface area contributed by atoms with Gasteiger partial charge in [0.15, 0.2) is 0 Å². The first-order valence-electron chi connectivity index (χ1n) is 6.94. The molecular formula is C15H24ClN3O. The Hall–Kier alpha value is -1.10. The number of nitrogens with zero attached hydrogens (tertiary/aromatic N) is 1. The van der Waals surface area contributed by atoms with Crippen LogP contribution in [0.5, 0.6) is 0 Å². The molecule has 2 N–H and O–H groups in total. The van der Waals surface area contributed by atoms with Crippen LogP contribution in [0, 0.1) is 5.92 Å². The second kappa shape index (κ2) is 8.25. The van der Waals surface area contributed by atoms with Gasteiger partial charge in [-0.15, -0.1) is 12.4 Å². The van der Waals surface area contributed by atoms with Gasteiger partial charge in [0.2, 0.25) is 5.91 Å². The second-order valence-corrected chi connectivity index (χ2v) is 5.22. The lowest BCUT2D eigenvalue weighted by atomic mass is 10.0. The van der Waals surface area contributed by atoms with Crippen molar-refractivity contribution in [3.63, 3.8) is 0 Å². The molecule has 1 saturated heterocycles. The highest BCUT2D eigenvalue weighted by atomic mass is 35.5. The third-order valence-corrected chi connectivity index (χ3v) is 3.60. The zero-order valence-electron chi connectivity index (χ0n) is 12.2. The van der Waals surface area contributed by atoms with Gasteiger partial charge in [0.1, 0.15) is 0 Å². The first-order chi connectivity index (χ1) is 9.19. The first-order valence-corrected chi connectivity index (χ1v) is 6.94. The minimum atomic E-state index is 0. The van der Waals surface area contributed by atoms with E-state index in [0.29, 0.717) is 6.54 Å². The van der Waals surface area contributed by atoms with Crippen molar-refractivity contribution in [1.29, 1.82) is 0 Å². The molecule has 0 aliphatic carbocycles. The first kappa shape index (κ1) is 17.0. The average molecular weight is 298 g/mol. The highest BCUT2D eigenvalue weighted by molar-refractivity contribution is 5.85. The summed E-state index contributed by atoms with van der Waals surface area (Å²) >= 11 is 0. The molecule has 5 heteroatoms. The number of carbonyl (C=O) groups is 1. The van der Waals surface area contributed by atoms with Crippen LogP contribution in [0.25, 0.3) is 0 Å². The number of hydrogen-bond donors (Lipinski definition) is 2. The van der Waals surface area contributed by atoms with Gasteiger partial charge < -0.3 is 15.5 Å². The van der Waals surface area contributed by atoms with Crippen LogP contribution < -0.4 is 10.6 Å². The third-order valence-electron chi connectivity index (χ3n) is 3.60. The van der Waals surface area contributed by atoms with Gasteiger partial charge in [-0.1, -0.05) is 31.2 Å². The quantitative estimate of drug-likeness (QED) is 0.834. The summed E-state index contributed by atoms with van der Waals surface area (Å²) in [4.78, 5) is 14.0. The van der Waals surface area contributed by atoms with Crippen LogP contribution >= 0.6 is 12.4 Å². The molecule has 0 spiro atoms. The molecule has 1 heterocycles. The summed E-state index contributed by atoms with van der Waals surface area (Å²) in [6.45, 7) is 6.39. The Bertz CT molecular complexity index is 435. The van der Waals surface area contributed by atoms with Crippen LogP contribution in [0.4, 0.5) is 0 Å². The standard InChI is InChI=1S/C15H23N3O.ClH/c1-3-18(2)11-13-6-4-5-12(7-13)8-17-15(19)14-9-16-10-14;/h4-7,14,16H,3,8-11H2,1-2H3,(H,17,19);1H. The monoisotopic (exact) mass is 297 g/mol. The smallest absolute Gasteiger partial charge is 0.225 e. The molecule has 0 radical (unpaired) electrons. The summed E-state index contributed by atoms with van der Waals surface area (Å²) in [7, 11) is 2.11. The van der Waals surface area contributed by atoms with E-state index in [9.17, 15) is 4.79 Å². The molecular weight excluding hydrogens is 274 g/mol. The zero-order chi connectivity index (χ0) is 13.7. The van der Waals surface area contributed by atoms with Crippen molar-refractivity contribution < 1.29 is 4.79 Å². The number of nitrogens with one attached hydrogen (secondary N) is 2. The van der Waals surface area contributed by atoms with E-state index in [1.165, 1.54) is 11.1 Å². The summed E-state index contributed by atoms with van der Waals surface area (Å²) in [5, 5.41) is 6.11. The van der Waals surface area contributed by atoms with Crippen LogP contribution in [-0.4, -0.2) is 37.5 Å². The van der Waals surface area contributed by atoms with Crippen LogP contribution in [0.15, 0.2) is 24.3 Å². The molecule has 1 aliphatic heterocycles. The maximum atomic E-state index is 11.7. The Morgan fingerprint density at radius 3 is 2.70 bits per heavy atom.